The van der Waals surface area contributed by atoms with Crippen LogP contribution < -0.4 is 10.6 Å². The molecule has 2 N–H and O–H groups in total. The number of anilines is 2. The van der Waals surface area contributed by atoms with Crippen LogP contribution >= 0.6 is 11.8 Å². The van der Waals surface area contributed by atoms with Gasteiger partial charge in [0.2, 0.25) is 5.95 Å². The fourth-order valence-corrected chi connectivity index (χ4v) is 4.04. The van der Waals surface area contributed by atoms with Gasteiger partial charge in [-0.2, -0.15) is 0 Å². The van der Waals surface area contributed by atoms with Crippen LogP contribution in [0.4, 0.5) is 11.6 Å². The maximum atomic E-state index is 4.76. The van der Waals surface area contributed by atoms with E-state index in [1.807, 2.05) is 12.3 Å². The minimum atomic E-state index is 0.593. The van der Waals surface area contributed by atoms with Crippen molar-refractivity contribution in [3.8, 4) is 0 Å². The van der Waals surface area contributed by atoms with Crippen molar-refractivity contribution in [1.29, 1.82) is 0 Å². The number of nitrogens with zero attached hydrogens (tertiary/aromatic N) is 4. The largest absolute Gasteiger partial charge is 0.324 e. The molecular weight excluding hydrogens is 404 g/mol. The topological polar surface area (TPSA) is 65.4 Å². The third kappa shape index (κ3) is 9.37. The van der Waals surface area contributed by atoms with Gasteiger partial charge in [0.1, 0.15) is 10.7 Å². The van der Waals surface area contributed by atoms with Gasteiger partial charge in [0.15, 0.2) is 0 Å². The van der Waals surface area contributed by atoms with E-state index in [1.165, 1.54) is 30.5 Å². The van der Waals surface area contributed by atoms with Crippen molar-refractivity contribution in [1.82, 2.24) is 20.2 Å². The van der Waals surface area contributed by atoms with Crippen LogP contribution in [0.15, 0.2) is 35.5 Å². The Balaban J connectivity index is 1.85. The van der Waals surface area contributed by atoms with Gasteiger partial charge < -0.3 is 15.5 Å². The van der Waals surface area contributed by atoms with Crippen LogP contribution in [0.1, 0.15) is 43.5 Å². The third-order valence-corrected chi connectivity index (χ3v) is 5.63. The van der Waals surface area contributed by atoms with Crippen molar-refractivity contribution in [3.63, 3.8) is 0 Å². The predicted molar refractivity (Wildman–Crippen MR) is 136 cm³/mol. The Bertz CT molecular complexity index is 803. The van der Waals surface area contributed by atoms with Crippen molar-refractivity contribution in [2.75, 3.05) is 50.8 Å². The van der Waals surface area contributed by atoms with Gasteiger partial charge in [-0.05, 0) is 88.4 Å². The molecule has 0 aliphatic carbocycles. The number of aromatic nitrogens is 2. The first-order valence-electron chi connectivity index (χ1n) is 11.3. The standard InChI is InChI=1S/C24H38N6S/c1-6-14-30(7-2)15-8-10-25-12-13-26-23(31-5)22-9-11-27-24(29-22)28-21-17-19(3)16-20(4)18-21/h9,11,16-18,25H,6-8,10,12-15H2,1-5H3,(H,27,28,29). The molecule has 1 heterocycles. The highest BCUT2D eigenvalue weighted by molar-refractivity contribution is 8.13. The molecule has 0 amide bonds. The van der Waals surface area contributed by atoms with Gasteiger partial charge in [-0.3, -0.25) is 4.99 Å². The predicted octanol–water partition coefficient (Wildman–Crippen LogP) is 4.66. The Morgan fingerprint density at radius 2 is 1.87 bits per heavy atom. The van der Waals surface area contributed by atoms with E-state index < -0.39 is 0 Å². The first kappa shape index (κ1) is 25.3. The molecule has 7 heteroatoms. The van der Waals surface area contributed by atoms with Gasteiger partial charge in [-0.1, -0.05) is 19.9 Å². The molecule has 31 heavy (non-hydrogen) atoms. The van der Waals surface area contributed by atoms with Crippen LogP contribution in [0.3, 0.4) is 0 Å². The van der Waals surface area contributed by atoms with E-state index in [1.54, 1.807) is 18.0 Å². The summed E-state index contributed by atoms with van der Waals surface area (Å²) in [5.74, 6) is 0.593. The number of hydrogen-bond donors (Lipinski definition) is 2. The summed E-state index contributed by atoms with van der Waals surface area (Å²) >= 11 is 1.62. The fourth-order valence-electron chi connectivity index (χ4n) is 3.50. The van der Waals surface area contributed by atoms with Crippen molar-refractivity contribution in [3.05, 3.63) is 47.3 Å². The number of rotatable bonds is 13. The molecule has 170 valence electrons. The van der Waals surface area contributed by atoms with Crippen LogP contribution in [0.5, 0.6) is 0 Å². The summed E-state index contributed by atoms with van der Waals surface area (Å²) in [6.45, 7) is 14.8. The van der Waals surface area contributed by atoms with E-state index in [2.05, 4.69) is 71.4 Å². The van der Waals surface area contributed by atoms with Gasteiger partial charge in [0.25, 0.3) is 0 Å². The second-order valence-electron chi connectivity index (χ2n) is 7.70. The van der Waals surface area contributed by atoms with E-state index in [9.17, 15) is 0 Å². The molecule has 1 aromatic carbocycles. The summed E-state index contributed by atoms with van der Waals surface area (Å²) in [4.78, 5) is 16.3. The van der Waals surface area contributed by atoms with Gasteiger partial charge in [0.05, 0.1) is 6.54 Å². The van der Waals surface area contributed by atoms with Crippen LogP contribution in [0.2, 0.25) is 0 Å². The molecule has 1 aromatic heterocycles. The van der Waals surface area contributed by atoms with Gasteiger partial charge in [-0.15, -0.1) is 11.8 Å². The zero-order chi connectivity index (χ0) is 22.5. The molecule has 0 saturated carbocycles. The quantitative estimate of drug-likeness (QED) is 0.267. The van der Waals surface area contributed by atoms with Crippen molar-refractivity contribution in [2.45, 2.75) is 40.5 Å². The lowest BCUT2D eigenvalue weighted by Crippen LogP contribution is -2.28. The molecule has 2 rings (SSSR count). The maximum absolute atomic E-state index is 4.76. The lowest BCUT2D eigenvalue weighted by Gasteiger charge is -2.19. The Hall–Kier alpha value is -1.96. The maximum Gasteiger partial charge on any atom is 0.227 e. The summed E-state index contributed by atoms with van der Waals surface area (Å²) in [7, 11) is 0. The second-order valence-corrected chi connectivity index (χ2v) is 8.49. The zero-order valence-electron chi connectivity index (χ0n) is 19.7. The minimum absolute atomic E-state index is 0.593. The number of thioether (sulfide) groups is 1. The van der Waals surface area contributed by atoms with Crippen molar-refractivity contribution < 1.29 is 0 Å². The highest BCUT2D eigenvalue weighted by atomic mass is 32.2. The Morgan fingerprint density at radius 1 is 1.10 bits per heavy atom. The van der Waals surface area contributed by atoms with E-state index in [-0.39, 0.29) is 0 Å². The Morgan fingerprint density at radius 3 is 2.55 bits per heavy atom. The third-order valence-electron chi connectivity index (χ3n) is 4.90. The highest BCUT2D eigenvalue weighted by Gasteiger charge is 2.07. The fraction of sp³-hybridized carbons (Fsp3) is 0.542. The first-order valence-corrected chi connectivity index (χ1v) is 12.5. The number of aryl methyl sites for hydroxylation is 2. The first-order chi connectivity index (χ1) is 15.0. The monoisotopic (exact) mass is 442 g/mol. The normalized spacial score (nSPS) is 11.9. The molecule has 6 nitrogen and oxygen atoms in total. The Labute approximate surface area is 192 Å². The van der Waals surface area contributed by atoms with Crippen molar-refractivity contribution in [2.24, 2.45) is 4.99 Å². The van der Waals surface area contributed by atoms with Crippen LogP contribution in [-0.4, -0.2) is 65.4 Å². The molecule has 0 fully saturated rings. The minimum Gasteiger partial charge on any atom is -0.324 e. The van der Waals surface area contributed by atoms with Crippen LogP contribution in [0, 0.1) is 13.8 Å². The molecule has 0 radical (unpaired) electrons. The van der Waals surface area contributed by atoms with Crippen LogP contribution in [-0.2, 0) is 0 Å². The summed E-state index contributed by atoms with van der Waals surface area (Å²) < 4.78 is 0. The number of benzene rings is 1. The van der Waals surface area contributed by atoms with Gasteiger partial charge in [0, 0.05) is 18.4 Å². The molecule has 2 aromatic rings. The zero-order valence-corrected chi connectivity index (χ0v) is 20.6. The van der Waals surface area contributed by atoms with Gasteiger partial charge in [-0.25, -0.2) is 9.97 Å². The SMILES string of the molecule is CCCN(CC)CCCNCCN=C(SC)c1ccnc(Nc2cc(C)cc(C)c2)n1. The number of hydrogen-bond acceptors (Lipinski definition) is 7. The Kier molecular flexibility index (Phi) is 11.6. The summed E-state index contributed by atoms with van der Waals surface area (Å²) in [6.07, 6.45) is 6.22. The van der Waals surface area contributed by atoms with E-state index in [0.29, 0.717) is 5.95 Å². The smallest absolute Gasteiger partial charge is 0.227 e. The van der Waals surface area contributed by atoms with E-state index in [4.69, 9.17) is 4.99 Å². The molecule has 0 unspecified atom stereocenters. The summed E-state index contributed by atoms with van der Waals surface area (Å²) in [6, 6.07) is 8.27. The van der Waals surface area contributed by atoms with E-state index >= 15 is 0 Å². The molecule has 0 aliphatic rings. The second kappa shape index (κ2) is 14.2. The average Bonchev–Trinajstić information content (AvgIpc) is 2.74. The summed E-state index contributed by atoms with van der Waals surface area (Å²) in [5, 5.41) is 7.76. The highest BCUT2D eigenvalue weighted by Crippen LogP contribution is 2.18. The molecule has 0 bridgehead atoms. The van der Waals surface area contributed by atoms with Crippen molar-refractivity contribution >= 4 is 28.4 Å². The van der Waals surface area contributed by atoms with Gasteiger partial charge >= 0.3 is 0 Å². The molecular formula is C24H38N6S. The summed E-state index contributed by atoms with van der Waals surface area (Å²) in [5.41, 5.74) is 4.28. The molecule has 0 saturated heterocycles. The molecule has 0 aliphatic heterocycles. The molecule has 0 spiro atoms. The molecule has 0 atom stereocenters. The lowest BCUT2D eigenvalue weighted by molar-refractivity contribution is 0.284. The van der Waals surface area contributed by atoms with Crippen LogP contribution in [0.25, 0.3) is 0 Å². The average molecular weight is 443 g/mol. The van der Waals surface area contributed by atoms with E-state index in [0.717, 1.165) is 49.1 Å². The number of nitrogens with one attached hydrogen (secondary N) is 2. The number of aliphatic imine (C=N–C) groups is 1. The lowest BCUT2D eigenvalue weighted by atomic mass is 10.1.